The number of hydrogen-bond donors (Lipinski definition) is 1. The van der Waals surface area contributed by atoms with Crippen LogP contribution in [0.4, 0.5) is 10.2 Å². The molecule has 3 heterocycles. The van der Waals surface area contributed by atoms with Gasteiger partial charge in [0.15, 0.2) is 11.6 Å². The molecule has 4 rings (SSSR count). The van der Waals surface area contributed by atoms with E-state index < -0.39 is 0 Å². The first-order chi connectivity index (χ1) is 10.7. The minimum Gasteiger partial charge on any atom is -0.451 e. The van der Waals surface area contributed by atoms with E-state index in [0.717, 1.165) is 32.0 Å². The van der Waals surface area contributed by atoms with Gasteiger partial charge in [0.05, 0.1) is 10.7 Å². The summed E-state index contributed by atoms with van der Waals surface area (Å²) in [7, 11) is 0. The number of aromatic nitrogens is 2. The van der Waals surface area contributed by atoms with E-state index in [1.807, 2.05) is 0 Å². The van der Waals surface area contributed by atoms with Crippen molar-refractivity contribution < 1.29 is 9.13 Å². The van der Waals surface area contributed by atoms with E-state index in [1.54, 1.807) is 12.3 Å². The van der Waals surface area contributed by atoms with E-state index >= 15 is 0 Å². The fourth-order valence-electron chi connectivity index (χ4n) is 2.91. The van der Waals surface area contributed by atoms with Gasteiger partial charge in [-0.1, -0.05) is 0 Å². The molecule has 114 valence electrons. The first-order valence-electron chi connectivity index (χ1n) is 7.04. The van der Waals surface area contributed by atoms with Crippen LogP contribution in [0.15, 0.2) is 35.2 Å². The molecule has 0 amide bonds. The van der Waals surface area contributed by atoms with Crippen LogP contribution < -0.4 is 15.0 Å². The molecule has 1 spiro atoms. The van der Waals surface area contributed by atoms with E-state index in [1.165, 1.54) is 18.5 Å². The molecule has 0 saturated carbocycles. The molecule has 0 aliphatic carbocycles. The van der Waals surface area contributed by atoms with Crippen LogP contribution >= 0.6 is 15.9 Å². The van der Waals surface area contributed by atoms with Crippen LogP contribution in [-0.2, 0) is 0 Å². The van der Waals surface area contributed by atoms with Gasteiger partial charge >= 0.3 is 0 Å². The van der Waals surface area contributed by atoms with Gasteiger partial charge < -0.3 is 15.0 Å². The average molecular weight is 365 g/mol. The van der Waals surface area contributed by atoms with Crippen molar-refractivity contribution in [3.05, 3.63) is 41.0 Å². The van der Waals surface area contributed by atoms with Crippen LogP contribution in [0.25, 0.3) is 0 Å². The second-order valence-corrected chi connectivity index (χ2v) is 6.70. The first-order valence-corrected chi connectivity index (χ1v) is 7.83. The third kappa shape index (κ3) is 2.34. The summed E-state index contributed by atoms with van der Waals surface area (Å²) in [5.74, 6) is 1.59. The van der Waals surface area contributed by atoms with Gasteiger partial charge in [-0.25, -0.2) is 14.4 Å². The smallest absolute Gasteiger partial charge is 0.188 e. The van der Waals surface area contributed by atoms with E-state index in [4.69, 9.17) is 4.74 Å². The van der Waals surface area contributed by atoms with Gasteiger partial charge in [-0.3, -0.25) is 0 Å². The van der Waals surface area contributed by atoms with Crippen molar-refractivity contribution in [2.75, 3.05) is 31.1 Å². The van der Waals surface area contributed by atoms with Gasteiger partial charge in [0.2, 0.25) is 0 Å². The van der Waals surface area contributed by atoms with Crippen molar-refractivity contribution >= 4 is 21.7 Å². The molecule has 22 heavy (non-hydrogen) atoms. The summed E-state index contributed by atoms with van der Waals surface area (Å²) in [5, 5.41) is 3.31. The van der Waals surface area contributed by atoms with E-state index in [2.05, 4.69) is 36.1 Å². The normalized spacial score (nSPS) is 18.7. The number of anilines is 1. The van der Waals surface area contributed by atoms with Crippen molar-refractivity contribution in [3.8, 4) is 11.5 Å². The lowest BCUT2D eigenvalue weighted by Gasteiger charge is -2.56. The molecule has 1 aromatic carbocycles. The number of benzene rings is 1. The molecule has 1 aromatic heterocycles. The highest BCUT2D eigenvalue weighted by atomic mass is 79.9. The molecule has 0 unspecified atom stereocenters. The lowest BCUT2D eigenvalue weighted by Crippen LogP contribution is -2.71. The topological polar surface area (TPSA) is 50.3 Å². The minimum atomic E-state index is -0.314. The predicted molar refractivity (Wildman–Crippen MR) is 83.7 cm³/mol. The van der Waals surface area contributed by atoms with Crippen LogP contribution in [-0.4, -0.2) is 36.1 Å². The van der Waals surface area contributed by atoms with Crippen LogP contribution in [0.2, 0.25) is 0 Å². The number of ether oxygens (including phenoxy) is 1. The van der Waals surface area contributed by atoms with Gasteiger partial charge in [0, 0.05) is 31.6 Å². The Bertz CT molecular complexity index is 714. The van der Waals surface area contributed by atoms with Crippen molar-refractivity contribution in [3.63, 3.8) is 0 Å². The summed E-state index contributed by atoms with van der Waals surface area (Å²) in [6, 6.07) is 4.32. The molecule has 2 fully saturated rings. The standard InChI is InChI=1S/C15H14BrFN4O/c16-11-3-10(17)1-2-12(11)22-13-4-18-9-20-14(13)21-7-15(8-21)5-19-6-15/h1-4,9,19H,5-8H2. The minimum absolute atomic E-state index is 0.314. The lowest BCUT2D eigenvalue weighted by atomic mass is 9.74. The molecule has 0 atom stereocenters. The first kappa shape index (κ1) is 13.9. The molecule has 7 heteroatoms. The molecule has 5 nitrogen and oxygen atoms in total. The van der Waals surface area contributed by atoms with Crippen molar-refractivity contribution in [2.45, 2.75) is 0 Å². The van der Waals surface area contributed by atoms with Crippen LogP contribution in [0.1, 0.15) is 0 Å². The number of nitrogens with one attached hydrogen (secondary N) is 1. The Morgan fingerprint density at radius 2 is 2.09 bits per heavy atom. The van der Waals surface area contributed by atoms with Crippen molar-refractivity contribution in [1.29, 1.82) is 0 Å². The Morgan fingerprint density at radius 3 is 2.77 bits per heavy atom. The highest BCUT2D eigenvalue weighted by molar-refractivity contribution is 9.10. The predicted octanol–water partition coefficient (Wildman–Crippen LogP) is 2.58. The van der Waals surface area contributed by atoms with Gasteiger partial charge in [0.1, 0.15) is 17.9 Å². The number of nitrogens with zero attached hydrogens (tertiary/aromatic N) is 3. The summed E-state index contributed by atoms with van der Waals surface area (Å²) in [6.45, 7) is 4.07. The Labute approximate surface area is 135 Å². The summed E-state index contributed by atoms with van der Waals surface area (Å²) >= 11 is 3.31. The molecule has 1 N–H and O–H groups in total. The summed E-state index contributed by atoms with van der Waals surface area (Å²) in [5.41, 5.74) is 0.401. The van der Waals surface area contributed by atoms with Crippen molar-refractivity contribution in [2.24, 2.45) is 5.41 Å². The monoisotopic (exact) mass is 364 g/mol. The third-order valence-corrected chi connectivity index (χ3v) is 4.74. The third-order valence-electron chi connectivity index (χ3n) is 4.12. The maximum Gasteiger partial charge on any atom is 0.188 e. The zero-order valence-electron chi connectivity index (χ0n) is 11.7. The van der Waals surface area contributed by atoms with Gasteiger partial charge in [-0.05, 0) is 34.1 Å². The second kappa shape index (κ2) is 5.17. The van der Waals surface area contributed by atoms with Crippen LogP contribution in [0.5, 0.6) is 11.5 Å². The SMILES string of the molecule is Fc1ccc(Oc2cncnc2N2CC3(CNC3)C2)c(Br)c1. The molecule has 0 bridgehead atoms. The fourth-order valence-corrected chi connectivity index (χ4v) is 3.34. The van der Waals surface area contributed by atoms with Gasteiger partial charge in [-0.15, -0.1) is 0 Å². The van der Waals surface area contributed by atoms with Crippen LogP contribution in [0.3, 0.4) is 0 Å². The lowest BCUT2D eigenvalue weighted by molar-refractivity contribution is 0.120. The summed E-state index contributed by atoms with van der Waals surface area (Å²) in [6.07, 6.45) is 3.16. The quantitative estimate of drug-likeness (QED) is 0.906. The molecule has 2 aromatic rings. The zero-order valence-corrected chi connectivity index (χ0v) is 13.3. The zero-order chi connectivity index (χ0) is 15.2. The molecule has 2 aliphatic rings. The molecular formula is C15H14BrFN4O. The molecule has 0 radical (unpaired) electrons. The highest BCUT2D eigenvalue weighted by Crippen LogP contribution is 2.41. The van der Waals surface area contributed by atoms with E-state index in [9.17, 15) is 4.39 Å². The molecular weight excluding hydrogens is 351 g/mol. The number of rotatable bonds is 3. The van der Waals surface area contributed by atoms with Crippen molar-refractivity contribution in [1.82, 2.24) is 15.3 Å². The second-order valence-electron chi connectivity index (χ2n) is 5.85. The maximum absolute atomic E-state index is 13.2. The molecule has 2 aliphatic heterocycles. The van der Waals surface area contributed by atoms with Crippen LogP contribution in [0, 0.1) is 11.2 Å². The van der Waals surface area contributed by atoms with E-state index in [0.29, 0.717) is 21.4 Å². The largest absolute Gasteiger partial charge is 0.451 e. The fraction of sp³-hybridized carbons (Fsp3) is 0.333. The van der Waals surface area contributed by atoms with Gasteiger partial charge in [0.25, 0.3) is 0 Å². The summed E-state index contributed by atoms with van der Waals surface area (Å²) < 4.78 is 19.6. The average Bonchev–Trinajstić information content (AvgIpc) is 2.40. The van der Waals surface area contributed by atoms with E-state index in [-0.39, 0.29) is 5.82 Å². The Hall–Kier alpha value is -1.73. The highest BCUT2D eigenvalue weighted by Gasteiger charge is 2.48. The Kier molecular flexibility index (Phi) is 3.27. The number of hydrogen-bond acceptors (Lipinski definition) is 5. The molecule has 2 saturated heterocycles. The maximum atomic E-state index is 13.2. The Balaban J connectivity index is 1.57. The number of halogens is 2. The summed E-state index contributed by atoms with van der Waals surface area (Å²) in [4.78, 5) is 10.6. The van der Waals surface area contributed by atoms with Gasteiger partial charge in [-0.2, -0.15) is 0 Å². The Morgan fingerprint density at radius 1 is 1.27 bits per heavy atom.